The van der Waals surface area contributed by atoms with Crippen molar-refractivity contribution in [2.45, 2.75) is 16.3 Å². The maximum absolute atomic E-state index is 13.1. The Kier molecular flexibility index (Phi) is 5.99. The van der Waals surface area contributed by atoms with E-state index in [2.05, 4.69) is 11.4 Å². The summed E-state index contributed by atoms with van der Waals surface area (Å²) in [6, 6.07) is 27.3. The van der Waals surface area contributed by atoms with Crippen molar-refractivity contribution in [2.75, 3.05) is 0 Å². The van der Waals surface area contributed by atoms with Crippen LogP contribution in [0.4, 0.5) is 10.1 Å². The summed E-state index contributed by atoms with van der Waals surface area (Å²) in [6.45, 7) is 0.313. The lowest BCUT2D eigenvalue weighted by atomic mass is 10.0. The fourth-order valence-electron chi connectivity index (χ4n) is 3.63. The zero-order chi connectivity index (χ0) is 22.8. The van der Waals surface area contributed by atoms with Crippen molar-refractivity contribution in [3.8, 4) is 0 Å². The second kappa shape index (κ2) is 9.22. The third-order valence-corrected chi connectivity index (χ3v) is 6.66. The summed E-state index contributed by atoms with van der Waals surface area (Å²) in [7, 11) is 0. The van der Waals surface area contributed by atoms with Crippen LogP contribution in [0.5, 0.6) is 0 Å². The third kappa shape index (κ3) is 4.70. The molecule has 0 saturated carbocycles. The standard InChI is InChI=1S/C27H18ClFN2OS/c28-20-5-3-4-18(14-20)26-22-6-1-2-7-24(22)33-25-13-10-19(15-23(25)31-26)27(32)30-16-17-8-11-21(29)12-9-17/h1-15H,16H2,(H,30,32). The van der Waals surface area contributed by atoms with Crippen LogP contribution in [0.25, 0.3) is 0 Å². The van der Waals surface area contributed by atoms with Crippen LogP contribution in [0.1, 0.15) is 27.0 Å². The molecule has 0 unspecified atom stereocenters. The predicted octanol–water partition coefficient (Wildman–Crippen LogP) is 7.04. The summed E-state index contributed by atoms with van der Waals surface area (Å²) in [6.07, 6.45) is 0. The van der Waals surface area contributed by atoms with Gasteiger partial charge in [-0.1, -0.05) is 65.8 Å². The van der Waals surface area contributed by atoms with E-state index in [9.17, 15) is 9.18 Å². The Hall–Kier alpha value is -3.41. The van der Waals surface area contributed by atoms with Gasteiger partial charge >= 0.3 is 0 Å². The maximum atomic E-state index is 13.1. The molecule has 0 aromatic heterocycles. The van der Waals surface area contributed by atoms with Gasteiger partial charge in [0.05, 0.1) is 11.4 Å². The number of carbonyl (C=O) groups is 1. The van der Waals surface area contributed by atoms with E-state index in [4.69, 9.17) is 16.6 Å². The van der Waals surface area contributed by atoms with Gasteiger partial charge in [0, 0.05) is 38.0 Å². The monoisotopic (exact) mass is 472 g/mol. The number of aliphatic imine (C=N–C) groups is 1. The van der Waals surface area contributed by atoms with Crippen LogP contribution >= 0.6 is 23.4 Å². The SMILES string of the molecule is O=C(NCc1ccc(F)cc1)c1ccc2c(c1)N=C(c1cccc(Cl)c1)c1ccccc1S2. The second-order valence-corrected chi connectivity index (χ2v) is 9.08. The minimum Gasteiger partial charge on any atom is -0.348 e. The van der Waals surface area contributed by atoms with E-state index in [1.165, 1.54) is 12.1 Å². The number of hydrogen-bond donors (Lipinski definition) is 1. The molecule has 1 heterocycles. The van der Waals surface area contributed by atoms with E-state index in [0.29, 0.717) is 17.1 Å². The molecular weight excluding hydrogens is 455 g/mol. The smallest absolute Gasteiger partial charge is 0.251 e. The highest BCUT2D eigenvalue weighted by molar-refractivity contribution is 7.99. The van der Waals surface area contributed by atoms with Gasteiger partial charge in [0.2, 0.25) is 0 Å². The second-order valence-electron chi connectivity index (χ2n) is 7.56. The summed E-state index contributed by atoms with van der Waals surface area (Å²) in [5.41, 5.74) is 4.80. The van der Waals surface area contributed by atoms with Crippen LogP contribution in [0.2, 0.25) is 5.02 Å². The quantitative estimate of drug-likeness (QED) is 0.304. The lowest BCUT2D eigenvalue weighted by Crippen LogP contribution is -2.22. The van der Waals surface area contributed by atoms with E-state index >= 15 is 0 Å². The molecule has 3 nitrogen and oxygen atoms in total. The van der Waals surface area contributed by atoms with Gasteiger partial charge in [-0.05, 0) is 54.1 Å². The highest BCUT2D eigenvalue weighted by Crippen LogP contribution is 2.41. The summed E-state index contributed by atoms with van der Waals surface area (Å²) < 4.78 is 13.1. The van der Waals surface area contributed by atoms with Crippen LogP contribution in [0.15, 0.2) is 106 Å². The first-order chi connectivity index (χ1) is 16.1. The summed E-state index contributed by atoms with van der Waals surface area (Å²) >= 11 is 7.88. The van der Waals surface area contributed by atoms with Crippen molar-refractivity contribution in [3.63, 3.8) is 0 Å². The zero-order valence-electron chi connectivity index (χ0n) is 17.4. The first-order valence-corrected chi connectivity index (χ1v) is 11.5. The van der Waals surface area contributed by atoms with Crippen LogP contribution in [-0.2, 0) is 6.54 Å². The Balaban J connectivity index is 1.50. The Bertz CT molecular complexity index is 1390. The molecule has 33 heavy (non-hydrogen) atoms. The molecule has 1 amide bonds. The number of carbonyl (C=O) groups excluding carboxylic acids is 1. The molecule has 162 valence electrons. The van der Waals surface area contributed by atoms with Gasteiger partial charge in [-0.2, -0.15) is 0 Å². The average Bonchev–Trinajstić information content (AvgIpc) is 3.00. The molecule has 0 saturated heterocycles. The number of halogens is 2. The van der Waals surface area contributed by atoms with Gasteiger partial charge in [-0.3, -0.25) is 4.79 Å². The van der Waals surface area contributed by atoms with Crippen molar-refractivity contribution in [3.05, 3.63) is 124 Å². The molecular formula is C27H18ClFN2OS. The molecule has 0 bridgehead atoms. The molecule has 0 atom stereocenters. The topological polar surface area (TPSA) is 41.5 Å². The summed E-state index contributed by atoms with van der Waals surface area (Å²) in [5.74, 6) is -0.518. The predicted molar refractivity (Wildman–Crippen MR) is 131 cm³/mol. The number of benzene rings is 4. The molecule has 1 aliphatic rings. The zero-order valence-corrected chi connectivity index (χ0v) is 19.0. The molecule has 1 N–H and O–H groups in total. The molecule has 0 fully saturated rings. The fraction of sp³-hybridized carbons (Fsp3) is 0.0370. The summed E-state index contributed by atoms with van der Waals surface area (Å²) in [5, 5.41) is 3.53. The molecule has 0 radical (unpaired) electrons. The van der Waals surface area contributed by atoms with Gasteiger partial charge in [0.1, 0.15) is 5.82 Å². The molecule has 0 spiro atoms. The molecule has 1 aliphatic heterocycles. The normalized spacial score (nSPS) is 12.2. The molecule has 5 rings (SSSR count). The highest BCUT2D eigenvalue weighted by atomic mass is 35.5. The Morgan fingerprint density at radius 2 is 1.73 bits per heavy atom. The van der Waals surface area contributed by atoms with Crippen molar-refractivity contribution in [1.29, 1.82) is 0 Å². The van der Waals surface area contributed by atoms with E-state index in [-0.39, 0.29) is 11.7 Å². The first-order valence-electron chi connectivity index (χ1n) is 10.4. The Morgan fingerprint density at radius 1 is 0.909 bits per heavy atom. The first kappa shape index (κ1) is 21.4. The molecule has 6 heteroatoms. The largest absolute Gasteiger partial charge is 0.348 e. The Morgan fingerprint density at radius 3 is 2.55 bits per heavy atom. The third-order valence-electron chi connectivity index (χ3n) is 5.28. The Labute approximate surface area is 200 Å². The number of rotatable bonds is 4. The van der Waals surface area contributed by atoms with Gasteiger partial charge in [-0.25, -0.2) is 9.38 Å². The van der Waals surface area contributed by atoms with E-state index in [1.807, 2.05) is 48.5 Å². The summed E-state index contributed by atoms with van der Waals surface area (Å²) in [4.78, 5) is 19.8. The van der Waals surface area contributed by atoms with Gasteiger partial charge in [-0.15, -0.1) is 0 Å². The fourth-order valence-corrected chi connectivity index (χ4v) is 4.82. The van der Waals surface area contributed by atoms with Crippen LogP contribution in [0.3, 0.4) is 0 Å². The minimum atomic E-state index is -0.303. The molecule has 4 aromatic carbocycles. The molecule has 0 aliphatic carbocycles. The number of nitrogens with zero attached hydrogens (tertiary/aromatic N) is 1. The van der Waals surface area contributed by atoms with Crippen molar-refractivity contribution in [2.24, 2.45) is 4.99 Å². The van der Waals surface area contributed by atoms with Crippen molar-refractivity contribution in [1.82, 2.24) is 5.32 Å². The van der Waals surface area contributed by atoms with Crippen LogP contribution in [-0.4, -0.2) is 11.6 Å². The van der Waals surface area contributed by atoms with Crippen molar-refractivity contribution < 1.29 is 9.18 Å². The number of nitrogens with one attached hydrogen (secondary N) is 1. The van der Waals surface area contributed by atoms with E-state index in [1.54, 1.807) is 36.0 Å². The highest BCUT2D eigenvalue weighted by Gasteiger charge is 2.20. The van der Waals surface area contributed by atoms with E-state index in [0.717, 1.165) is 37.9 Å². The number of fused-ring (bicyclic) bond motifs is 2. The number of amides is 1. The van der Waals surface area contributed by atoms with Gasteiger partial charge < -0.3 is 5.32 Å². The van der Waals surface area contributed by atoms with Crippen molar-refractivity contribution >= 4 is 40.7 Å². The maximum Gasteiger partial charge on any atom is 0.251 e. The van der Waals surface area contributed by atoms with E-state index < -0.39 is 0 Å². The van der Waals surface area contributed by atoms with Gasteiger partial charge in [0.15, 0.2) is 0 Å². The molecule has 4 aromatic rings. The van der Waals surface area contributed by atoms with Crippen LogP contribution in [0, 0.1) is 5.82 Å². The number of hydrogen-bond acceptors (Lipinski definition) is 3. The minimum absolute atomic E-state index is 0.214. The van der Waals surface area contributed by atoms with Crippen LogP contribution < -0.4 is 5.32 Å². The lowest BCUT2D eigenvalue weighted by Gasteiger charge is -2.09. The lowest BCUT2D eigenvalue weighted by molar-refractivity contribution is 0.0951. The average molecular weight is 473 g/mol. The van der Waals surface area contributed by atoms with Gasteiger partial charge in [0.25, 0.3) is 5.91 Å².